The van der Waals surface area contributed by atoms with Gasteiger partial charge >= 0.3 is 6.18 Å². The Hall–Kier alpha value is -1.50. The molecule has 0 spiro atoms. The van der Waals surface area contributed by atoms with Gasteiger partial charge in [-0.1, -0.05) is 11.6 Å². The minimum atomic E-state index is -4.40. The predicted octanol–water partition coefficient (Wildman–Crippen LogP) is 3.09. The van der Waals surface area contributed by atoms with Crippen LogP contribution in [-0.2, 0) is 4.79 Å². The second-order valence-corrected chi connectivity index (χ2v) is 5.39. The number of carbonyl (C=O) groups is 1. The summed E-state index contributed by atoms with van der Waals surface area (Å²) >= 11 is 5.96. The normalized spacial score (nSPS) is 23.0. The third kappa shape index (κ3) is 3.78. The number of anilines is 1. The number of aromatic nitrogens is 1. The molecule has 1 aromatic rings. The molecule has 0 radical (unpaired) electrons. The molecule has 0 aliphatic carbocycles. The zero-order chi connectivity index (χ0) is 15.6. The van der Waals surface area contributed by atoms with Gasteiger partial charge in [-0.3, -0.25) is 4.79 Å². The van der Waals surface area contributed by atoms with Gasteiger partial charge in [0.1, 0.15) is 11.9 Å². The minimum Gasteiger partial charge on any atom is -0.364 e. The lowest BCUT2D eigenvalue weighted by molar-refractivity contribution is -0.195. The molecule has 1 aliphatic rings. The molecule has 1 aromatic heterocycles. The van der Waals surface area contributed by atoms with E-state index in [9.17, 15) is 18.0 Å². The number of piperidine rings is 1. The molecule has 0 saturated carbocycles. The highest BCUT2D eigenvalue weighted by molar-refractivity contribution is 6.32. The van der Waals surface area contributed by atoms with Gasteiger partial charge in [-0.2, -0.15) is 13.2 Å². The molecule has 0 bridgehead atoms. The maximum Gasteiger partial charge on any atom is 0.408 e. The zero-order valence-electron chi connectivity index (χ0n) is 11.3. The Morgan fingerprint density at radius 2 is 2.19 bits per heavy atom. The fraction of sp³-hybridized carbons (Fsp3) is 0.538. The summed E-state index contributed by atoms with van der Waals surface area (Å²) < 4.78 is 38.8. The number of rotatable bonds is 2. The monoisotopic (exact) mass is 321 g/mol. The Morgan fingerprint density at radius 3 is 2.76 bits per heavy atom. The molecule has 1 aliphatic heterocycles. The van der Waals surface area contributed by atoms with Crippen molar-refractivity contribution in [3.8, 4) is 0 Å². The third-order valence-corrected chi connectivity index (χ3v) is 3.77. The molecule has 21 heavy (non-hydrogen) atoms. The van der Waals surface area contributed by atoms with Gasteiger partial charge in [0, 0.05) is 25.7 Å². The first-order valence-corrected chi connectivity index (χ1v) is 6.88. The molecular weight excluding hydrogens is 307 g/mol. The van der Waals surface area contributed by atoms with Crippen LogP contribution in [0.4, 0.5) is 19.0 Å². The number of alkyl halides is 3. The van der Waals surface area contributed by atoms with Crippen molar-refractivity contribution >= 4 is 23.3 Å². The highest BCUT2D eigenvalue weighted by Gasteiger charge is 2.47. The van der Waals surface area contributed by atoms with Crippen LogP contribution in [0.3, 0.4) is 0 Å². The molecule has 2 atom stereocenters. The number of pyridine rings is 1. The van der Waals surface area contributed by atoms with E-state index in [0.29, 0.717) is 17.3 Å². The van der Waals surface area contributed by atoms with Gasteiger partial charge in [-0.05, 0) is 25.0 Å². The van der Waals surface area contributed by atoms with E-state index in [2.05, 4.69) is 10.3 Å². The second kappa shape index (κ2) is 6.09. The summed E-state index contributed by atoms with van der Waals surface area (Å²) in [6.45, 7) is 1.13. The first-order valence-electron chi connectivity index (χ1n) is 6.50. The van der Waals surface area contributed by atoms with Crippen LogP contribution in [0, 0.1) is 0 Å². The van der Waals surface area contributed by atoms with E-state index in [4.69, 9.17) is 11.6 Å². The Kier molecular flexibility index (Phi) is 4.61. The molecule has 1 N–H and O–H groups in total. The molecule has 1 saturated heterocycles. The summed E-state index contributed by atoms with van der Waals surface area (Å²) in [4.78, 5) is 16.4. The molecule has 4 nitrogen and oxygen atoms in total. The van der Waals surface area contributed by atoms with Crippen LogP contribution in [0.1, 0.15) is 19.8 Å². The highest BCUT2D eigenvalue weighted by Crippen LogP contribution is 2.33. The predicted molar refractivity (Wildman–Crippen MR) is 73.1 cm³/mol. The van der Waals surface area contributed by atoms with Crippen molar-refractivity contribution in [1.29, 1.82) is 0 Å². The first-order chi connectivity index (χ1) is 9.79. The van der Waals surface area contributed by atoms with E-state index in [1.54, 1.807) is 12.1 Å². The third-order valence-electron chi connectivity index (χ3n) is 3.46. The van der Waals surface area contributed by atoms with E-state index in [-0.39, 0.29) is 19.0 Å². The van der Waals surface area contributed by atoms with Crippen molar-refractivity contribution in [2.24, 2.45) is 0 Å². The van der Waals surface area contributed by atoms with Crippen molar-refractivity contribution in [3.63, 3.8) is 0 Å². The number of nitrogens with one attached hydrogen (secondary N) is 1. The van der Waals surface area contributed by atoms with E-state index < -0.39 is 18.1 Å². The SMILES string of the molecule is CC(=O)N1CC(Nc2ncccc2Cl)CCC1C(F)(F)F. The van der Waals surface area contributed by atoms with Crippen LogP contribution in [0.2, 0.25) is 5.02 Å². The Bertz CT molecular complexity index is 524. The fourth-order valence-electron chi connectivity index (χ4n) is 2.46. The van der Waals surface area contributed by atoms with Crippen molar-refractivity contribution < 1.29 is 18.0 Å². The van der Waals surface area contributed by atoms with Crippen LogP contribution in [0.15, 0.2) is 18.3 Å². The Morgan fingerprint density at radius 1 is 1.48 bits per heavy atom. The van der Waals surface area contributed by atoms with Crippen molar-refractivity contribution in [3.05, 3.63) is 23.4 Å². The number of hydrogen-bond donors (Lipinski definition) is 1. The topological polar surface area (TPSA) is 45.2 Å². The lowest BCUT2D eigenvalue weighted by Crippen LogP contribution is -2.55. The zero-order valence-corrected chi connectivity index (χ0v) is 12.1. The van der Waals surface area contributed by atoms with Crippen molar-refractivity contribution in [2.75, 3.05) is 11.9 Å². The standard InChI is InChI=1S/C13H15ClF3N3O/c1-8(21)20-7-9(4-5-11(20)13(15,16)17)19-12-10(14)3-2-6-18-12/h2-3,6,9,11H,4-5,7H2,1H3,(H,18,19). The molecule has 116 valence electrons. The number of halogens is 4. The van der Waals surface area contributed by atoms with Gasteiger partial charge in [-0.15, -0.1) is 0 Å². The van der Waals surface area contributed by atoms with Crippen LogP contribution >= 0.6 is 11.6 Å². The summed E-state index contributed by atoms with van der Waals surface area (Å²) in [7, 11) is 0. The van der Waals surface area contributed by atoms with Crippen LogP contribution in [-0.4, -0.2) is 40.6 Å². The fourth-order valence-corrected chi connectivity index (χ4v) is 2.64. The molecule has 1 fully saturated rings. The van der Waals surface area contributed by atoms with Gasteiger partial charge < -0.3 is 10.2 Å². The van der Waals surface area contributed by atoms with E-state index in [1.807, 2.05) is 0 Å². The Labute approximate surface area is 125 Å². The average molecular weight is 322 g/mol. The highest BCUT2D eigenvalue weighted by atomic mass is 35.5. The van der Waals surface area contributed by atoms with E-state index in [0.717, 1.165) is 11.8 Å². The lowest BCUT2D eigenvalue weighted by atomic mass is 9.97. The van der Waals surface area contributed by atoms with Crippen molar-refractivity contribution in [2.45, 2.75) is 38.0 Å². The molecule has 2 heterocycles. The number of hydrogen-bond acceptors (Lipinski definition) is 3. The average Bonchev–Trinajstić information content (AvgIpc) is 2.40. The van der Waals surface area contributed by atoms with Crippen LogP contribution < -0.4 is 5.32 Å². The van der Waals surface area contributed by atoms with E-state index >= 15 is 0 Å². The van der Waals surface area contributed by atoms with Crippen molar-refractivity contribution in [1.82, 2.24) is 9.88 Å². The van der Waals surface area contributed by atoms with Gasteiger partial charge in [-0.25, -0.2) is 4.98 Å². The minimum absolute atomic E-state index is 0.0214. The Balaban J connectivity index is 2.09. The molecule has 2 unspecified atom stereocenters. The maximum atomic E-state index is 12.9. The van der Waals surface area contributed by atoms with Gasteiger partial charge in [0.25, 0.3) is 0 Å². The lowest BCUT2D eigenvalue weighted by Gasteiger charge is -2.40. The number of amides is 1. The summed E-state index contributed by atoms with van der Waals surface area (Å²) in [5, 5.41) is 3.40. The van der Waals surface area contributed by atoms with Crippen LogP contribution in [0.5, 0.6) is 0 Å². The molecule has 0 aromatic carbocycles. The summed E-state index contributed by atoms with van der Waals surface area (Å²) in [6, 6.07) is 1.28. The smallest absolute Gasteiger partial charge is 0.364 e. The van der Waals surface area contributed by atoms with Gasteiger partial charge in [0.2, 0.25) is 5.91 Å². The first kappa shape index (κ1) is 15.9. The molecule has 1 amide bonds. The quantitative estimate of drug-likeness (QED) is 0.910. The number of carbonyl (C=O) groups excluding carboxylic acids is 1. The number of likely N-dealkylation sites (tertiary alicyclic amines) is 1. The molecule has 8 heteroatoms. The number of nitrogens with zero attached hydrogens (tertiary/aromatic N) is 2. The van der Waals surface area contributed by atoms with Gasteiger partial charge in [0.05, 0.1) is 5.02 Å². The maximum absolute atomic E-state index is 12.9. The van der Waals surface area contributed by atoms with Crippen LogP contribution in [0.25, 0.3) is 0 Å². The van der Waals surface area contributed by atoms with E-state index in [1.165, 1.54) is 6.20 Å². The largest absolute Gasteiger partial charge is 0.408 e. The second-order valence-electron chi connectivity index (χ2n) is 4.98. The van der Waals surface area contributed by atoms with Gasteiger partial charge in [0.15, 0.2) is 0 Å². The molecule has 2 rings (SSSR count). The summed E-state index contributed by atoms with van der Waals surface area (Å²) in [6.07, 6.45) is -2.70. The molecular formula is C13H15ClF3N3O. The summed E-state index contributed by atoms with van der Waals surface area (Å²) in [5.41, 5.74) is 0. The summed E-state index contributed by atoms with van der Waals surface area (Å²) in [5.74, 6) is -0.172.